The van der Waals surface area contributed by atoms with E-state index in [1.165, 1.54) is 12.1 Å². The van der Waals surface area contributed by atoms with E-state index >= 15 is 0 Å². The number of nitrogens with zero attached hydrogens (tertiary/aromatic N) is 2. The van der Waals surface area contributed by atoms with E-state index < -0.39 is 6.04 Å². The van der Waals surface area contributed by atoms with Crippen LogP contribution in [0.5, 0.6) is 0 Å². The highest BCUT2D eigenvalue weighted by molar-refractivity contribution is 5.81. The molecular formula is C15H22FN3O. The Morgan fingerprint density at radius 3 is 2.60 bits per heavy atom. The van der Waals surface area contributed by atoms with Gasteiger partial charge in [-0.25, -0.2) is 4.39 Å². The summed E-state index contributed by atoms with van der Waals surface area (Å²) in [6.45, 7) is 5.77. The minimum absolute atomic E-state index is 0.0219. The lowest BCUT2D eigenvalue weighted by Crippen LogP contribution is -2.43. The molecule has 110 valence electrons. The standard InChI is InChI=1S/C15H22FN3O/c1-12(17)15(20)19-8-2-7-18(9-10-19)11-13-3-5-14(16)6-4-13/h3-6,12H,2,7-11,17H2,1H3/t12-/m0/s1. The highest BCUT2D eigenvalue weighted by Crippen LogP contribution is 2.10. The Labute approximate surface area is 119 Å². The number of hydrogen-bond acceptors (Lipinski definition) is 3. The number of hydrogen-bond donors (Lipinski definition) is 1. The smallest absolute Gasteiger partial charge is 0.239 e. The lowest BCUT2D eigenvalue weighted by atomic mass is 10.2. The third kappa shape index (κ3) is 4.02. The van der Waals surface area contributed by atoms with Crippen molar-refractivity contribution >= 4 is 5.91 Å². The van der Waals surface area contributed by atoms with Gasteiger partial charge >= 0.3 is 0 Å². The molecule has 1 aromatic rings. The minimum Gasteiger partial charge on any atom is -0.340 e. The van der Waals surface area contributed by atoms with Gasteiger partial charge in [-0.3, -0.25) is 9.69 Å². The van der Waals surface area contributed by atoms with Gasteiger partial charge in [0, 0.05) is 32.7 Å². The Bertz CT molecular complexity index is 447. The van der Waals surface area contributed by atoms with Gasteiger partial charge in [-0.15, -0.1) is 0 Å². The van der Waals surface area contributed by atoms with Crippen molar-refractivity contribution in [3.05, 3.63) is 35.6 Å². The van der Waals surface area contributed by atoms with Crippen molar-refractivity contribution in [2.75, 3.05) is 26.2 Å². The maximum Gasteiger partial charge on any atom is 0.239 e. The van der Waals surface area contributed by atoms with Gasteiger partial charge < -0.3 is 10.6 Å². The molecule has 0 unspecified atom stereocenters. The molecule has 1 aliphatic heterocycles. The molecule has 1 fully saturated rings. The zero-order chi connectivity index (χ0) is 14.5. The molecule has 5 heteroatoms. The first kappa shape index (κ1) is 14.9. The second-order valence-electron chi connectivity index (χ2n) is 5.37. The maximum atomic E-state index is 12.9. The Morgan fingerprint density at radius 2 is 1.95 bits per heavy atom. The Hall–Kier alpha value is -1.46. The summed E-state index contributed by atoms with van der Waals surface area (Å²) in [6, 6.07) is 6.16. The third-order valence-electron chi connectivity index (χ3n) is 3.61. The van der Waals surface area contributed by atoms with Crippen LogP contribution in [0.3, 0.4) is 0 Å². The van der Waals surface area contributed by atoms with Crippen LogP contribution in [0, 0.1) is 5.82 Å². The normalized spacial score (nSPS) is 18.6. The zero-order valence-corrected chi connectivity index (χ0v) is 11.9. The van der Waals surface area contributed by atoms with Crippen molar-refractivity contribution in [2.24, 2.45) is 5.73 Å². The average molecular weight is 279 g/mol. The van der Waals surface area contributed by atoms with Crippen LogP contribution in [0.15, 0.2) is 24.3 Å². The first-order chi connectivity index (χ1) is 9.56. The molecule has 1 aromatic carbocycles. The van der Waals surface area contributed by atoms with Crippen LogP contribution in [-0.2, 0) is 11.3 Å². The molecule has 0 saturated carbocycles. The van der Waals surface area contributed by atoms with Gasteiger partial charge in [0.15, 0.2) is 0 Å². The predicted octanol–water partition coefficient (Wildman–Crippen LogP) is 1.21. The number of benzene rings is 1. The molecule has 0 aromatic heterocycles. The van der Waals surface area contributed by atoms with Crippen molar-refractivity contribution in [1.29, 1.82) is 0 Å². The summed E-state index contributed by atoms with van der Waals surface area (Å²) in [5.74, 6) is -0.188. The molecule has 1 amide bonds. The molecule has 2 N–H and O–H groups in total. The molecule has 1 heterocycles. The molecule has 20 heavy (non-hydrogen) atoms. The number of carbonyl (C=O) groups is 1. The fourth-order valence-corrected chi connectivity index (χ4v) is 2.49. The molecule has 0 spiro atoms. The highest BCUT2D eigenvalue weighted by atomic mass is 19.1. The molecule has 1 aliphatic rings. The second-order valence-corrected chi connectivity index (χ2v) is 5.37. The molecular weight excluding hydrogens is 257 g/mol. The number of halogens is 1. The summed E-state index contributed by atoms with van der Waals surface area (Å²) < 4.78 is 12.9. The van der Waals surface area contributed by atoms with E-state index in [2.05, 4.69) is 4.90 Å². The number of carbonyl (C=O) groups excluding carboxylic acids is 1. The summed E-state index contributed by atoms with van der Waals surface area (Å²) in [4.78, 5) is 16.0. The maximum absolute atomic E-state index is 12.9. The monoisotopic (exact) mass is 279 g/mol. The van der Waals surface area contributed by atoms with E-state index in [9.17, 15) is 9.18 Å². The minimum atomic E-state index is -0.432. The van der Waals surface area contributed by atoms with Gasteiger partial charge in [0.1, 0.15) is 5.82 Å². The van der Waals surface area contributed by atoms with Gasteiger partial charge in [-0.2, -0.15) is 0 Å². The lowest BCUT2D eigenvalue weighted by Gasteiger charge is -2.23. The quantitative estimate of drug-likeness (QED) is 0.904. The fourth-order valence-electron chi connectivity index (χ4n) is 2.49. The summed E-state index contributed by atoms with van der Waals surface area (Å²) in [6.07, 6.45) is 0.944. The van der Waals surface area contributed by atoms with Gasteiger partial charge in [0.05, 0.1) is 6.04 Å². The van der Waals surface area contributed by atoms with Crippen LogP contribution >= 0.6 is 0 Å². The Kier molecular flexibility index (Phi) is 5.09. The zero-order valence-electron chi connectivity index (χ0n) is 11.9. The first-order valence-corrected chi connectivity index (χ1v) is 7.07. The average Bonchev–Trinajstić information content (AvgIpc) is 2.66. The molecule has 2 rings (SSSR count). The predicted molar refractivity (Wildman–Crippen MR) is 76.5 cm³/mol. The molecule has 1 atom stereocenters. The van der Waals surface area contributed by atoms with Crippen LogP contribution < -0.4 is 5.73 Å². The van der Waals surface area contributed by atoms with Crippen molar-refractivity contribution in [3.63, 3.8) is 0 Å². The molecule has 0 aliphatic carbocycles. The number of rotatable bonds is 3. The number of nitrogens with two attached hydrogens (primary N) is 1. The first-order valence-electron chi connectivity index (χ1n) is 7.07. The lowest BCUT2D eigenvalue weighted by molar-refractivity contribution is -0.132. The largest absolute Gasteiger partial charge is 0.340 e. The van der Waals surface area contributed by atoms with Crippen molar-refractivity contribution in [3.8, 4) is 0 Å². The molecule has 0 bridgehead atoms. The summed E-state index contributed by atoms with van der Waals surface area (Å²) in [7, 11) is 0. The van der Waals surface area contributed by atoms with Gasteiger partial charge in [0.2, 0.25) is 5.91 Å². The summed E-state index contributed by atoms with van der Waals surface area (Å²) >= 11 is 0. The van der Waals surface area contributed by atoms with E-state index in [4.69, 9.17) is 5.73 Å². The van der Waals surface area contributed by atoms with Crippen LogP contribution in [0.1, 0.15) is 18.9 Å². The van der Waals surface area contributed by atoms with Crippen LogP contribution in [0.4, 0.5) is 4.39 Å². The Balaban J connectivity index is 1.89. The molecule has 0 radical (unpaired) electrons. The van der Waals surface area contributed by atoms with Gasteiger partial charge in [-0.05, 0) is 31.0 Å². The topological polar surface area (TPSA) is 49.6 Å². The van der Waals surface area contributed by atoms with Crippen LogP contribution in [-0.4, -0.2) is 47.9 Å². The Morgan fingerprint density at radius 1 is 1.25 bits per heavy atom. The van der Waals surface area contributed by atoms with Crippen molar-refractivity contribution < 1.29 is 9.18 Å². The third-order valence-corrected chi connectivity index (χ3v) is 3.61. The van der Waals surface area contributed by atoms with E-state index in [-0.39, 0.29) is 11.7 Å². The van der Waals surface area contributed by atoms with Gasteiger partial charge in [0.25, 0.3) is 0 Å². The number of amides is 1. The van der Waals surface area contributed by atoms with Crippen molar-refractivity contribution in [1.82, 2.24) is 9.80 Å². The van der Waals surface area contributed by atoms with Crippen LogP contribution in [0.2, 0.25) is 0 Å². The van der Waals surface area contributed by atoms with Crippen LogP contribution in [0.25, 0.3) is 0 Å². The van der Waals surface area contributed by atoms with E-state index in [0.717, 1.165) is 38.2 Å². The highest BCUT2D eigenvalue weighted by Gasteiger charge is 2.21. The van der Waals surface area contributed by atoms with Gasteiger partial charge in [-0.1, -0.05) is 12.1 Å². The summed E-state index contributed by atoms with van der Waals surface area (Å²) in [5, 5.41) is 0. The summed E-state index contributed by atoms with van der Waals surface area (Å²) in [5.41, 5.74) is 6.75. The second kappa shape index (κ2) is 6.81. The van der Waals surface area contributed by atoms with E-state index in [1.807, 2.05) is 17.0 Å². The molecule has 4 nitrogen and oxygen atoms in total. The fraction of sp³-hybridized carbons (Fsp3) is 0.533. The van der Waals surface area contributed by atoms with E-state index in [0.29, 0.717) is 6.54 Å². The van der Waals surface area contributed by atoms with E-state index in [1.54, 1.807) is 6.92 Å². The molecule has 1 saturated heterocycles. The SMILES string of the molecule is C[C@H](N)C(=O)N1CCCN(Cc2ccc(F)cc2)CC1. The van der Waals surface area contributed by atoms with Crippen molar-refractivity contribution in [2.45, 2.75) is 25.9 Å².